The molecule has 0 saturated carbocycles. The van der Waals surface area contributed by atoms with Crippen molar-refractivity contribution in [3.8, 4) is 0 Å². The molecule has 2 N–H and O–H groups in total. The number of rotatable bonds is 7. The molecule has 0 bridgehead atoms. The first-order chi connectivity index (χ1) is 9.76. The molecule has 0 aliphatic rings. The van der Waals surface area contributed by atoms with Crippen LogP contribution in [0.2, 0.25) is 0 Å². The minimum absolute atomic E-state index is 0.0148. The van der Waals surface area contributed by atoms with Gasteiger partial charge < -0.3 is 9.52 Å². The summed E-state index contributed by atoms with van der Waals surface area (Å²) in [7, 11) is 0. The van der Waals surface area contributed by atoms with Crippen molar-refractivity contribution in [1.29, 1.82) is 0 Å². The smallest absolute Gasteiger partial charge is 0.123 e. The summed E-state index contributed by atoms with van der Waals surface area (Å²) in [4.78, 5) is 1.28. The molecule has 2 aromatic rings. The SMILES string of the molecule is CCSc1ccccc1C(C)NC(CO)c1ccco1. The van der Waals surface area contributed by atoms with Gasteiger partial charge in [-0.05, 0) is 36.4 Å². The molecule has 1 aromatic heterocycles. The summed E-state index contributed by atoms with van der Waals surface area (Å²) >= 11 is 1.84. The van der Waals surface area contributed by atoms with E-state index in [0.717, 1.165) is 11.5 Å². The molecule has 0 amide bonds. The van der Waals surface area contributed by atoms with E-state index in [9.17, 15) is 5.11 Å². The Kier molecular flexibility index (Phi) is 5.71. The van der Waals surface area contributed by atoms with Gasteiger partial charge in [0.2, 0.25) is 0 Å². The zero-order valence-electron chi connectivity index (χ0n) is 11.9. The normalized spacial score (nSPS) is 14.2. The van der Waals surface area contributed by atoms with Crippen LogP contribution in [-0.4, -0.2) is 17.5 Å². The molecule has 0 aliphatic heterocycles. The van der Waals surface area contributed by atoms with Gasteiger partial charge in [-0.3, -0.25) is 5.32 Å². The van der Waals surface area contributed by atoms with E-state index in [1.54, 1.807) is 6.26 Å². The summed E-state index contributed by atoms with van der Waals surface area (Å²) in [6, 6.07) is 12.1. The monoisotopic (exact) mass is 291 g/mol. The van der Waals surface area contributed by atoms with Crippen molar-refractivity contribution in [2.24, 2.45) is 0 Å². The van der Waals surface area contributed by atoms with Gasteiger partial charge >= 0.3 is 0 Å². The van der Waals surface area contributed by atoms with Gasteiger partial charge in [-0.25, -0.2) is 0 Å². The maximum atomic E-state index is 9.54. The Hall–Kier alpha value is -1.23. The van der Waals surface area contributed by atoms with Gasteiger partial charge in [0.05, 0.1) is 18.9 Å². The van der Waals surface area contributed by atoms with Crippen LogP contribution in [0.3, 0.4) is 0 Å². The largest absolute Gasteiger partial charge is 0.468 e. The van der Waals surface area contributed by atoms with Crippen LogP contribution in [0.5, 0.6) is 0 Å². The van der Waals surface area contributed by atoms with Gasteiger partial charge in [0.1, 0.15) is 5.76 Å². The van der Waals surface area contributed by atoms with Crippen LogP contribution in [0, 0.1) is 0 Å². The zero-order chi connectivity index (χ0) is 14.4. The highest BCUT2D eigenvalue weighted by atomic mass is 32.2. The second-order valence-electron chi connectivity index (χ2n) is 4.61. The molecular weight excluding hydrogens is 270 g/mol. The molecule has 2 atom stereocenters. The lowest BCUT2D eigenvalue weighted by molar-refractivity contribution is 0.217. The average Bonchev–Trinajstić information content (AvgIpc) is 2.99. The topological polar surface area (TPSA) is 45.4 Å². The fourth-order valence-electron chi connectivity index (χ4n) is 2.23. The predicted molar refractivity (Wildman–Crippen MR) is 82.9 cm³/mol. The lowest BCUT2D eigenvalue weighted by Crippen LogP contribution is -2.27. The number of hydrogen-bond donors (Lipinski definition) is 2. The van der Waals surface area contributed by atoms with Gasteiger partial charge in [-0.2, -0.15) is 0 Å². The number of nitrogens with one attached hydrogen (secondary N) is 1. The fraction of sp³-hybridized carbons (Fsp3) is 0.375. The molecule has 4 heteroatoms. The maximum Gasteiger partial charge on any atom is 0.123 e. The van der Waals surface area contributed by atoms with Gasteiger partial charge in [0, 0.05) is 10.9 Å². The molecular formula is C16H21NO2S. The molecule has 0 spiro atoms. The van der Waals surface area contributed by atoms with Crippen LogP contribution in [0.15, 0.2) is 52.0 Å². The van der Waals surface area contributed by atoms with Crippen LogP contribution in [0.1, 0.15) is 37.3 Å². The van der Waals surface area contributed by atoms with E-state index in [1.807, 2.05) is 30.0 Å². The third-order valence-corrected chi connectivity index (χ3v) is 4.18. The van der Waals surface area contributed by atoms with E-state index in [2.05, 4.69) is 37.4 Å². The Balaban J connectivity index is 2.13. The first-order valence-electron chi connectivity index (χ1n) is 6.88. The number of benzene rings is 1. The maximum absolute atomic E-state index is 9.54. The number of hydrogen-bond acceptors (Lipinski definition) is 4. The highest BCUT2D eigenvalue weighted by Gasteiger charge is 2.18. The van der Waals surface area contributed by atoms with E-state index in [4.69, 9.17) is 4.42 Å². The highest BCUT2D eigenvalue weighted by molar-refractivity contribution is 7.99. The second-order valence-corrected chi connectivity index (χ2v) is 5.92. The van der Waals surface area contributed by atoms with Crippen LogP contribution in [-0.2, 0) is 0 Å². The molecule has 1 heterocycles. The first-order valence-corrected chi connectivity index (χ1v) is 7.86. The third-order valence-electron chi connectivity index (χ3n) is 3.21. The van der Waals surface area contributed by atoms with Crippen molar-refractivity contribution < 1.29 is 9.52 Å². The van der Waals surface area contributed by atoms with Crippen molar-refractivity contribution in [2.45, 2.75) is 30.8 Å². The Morgan fingerprint density at radius 3 is 2.70 bits per heavy atom. The Labute approximate surface area is 124 Å². The molecule has 20 heavy (non-hydrogen) atoms. The van der Waals surface area contributed by atoms with E-state index < -0.39 is 0 Å². The van der Waals surface area contributed by atoms with Crippen LogP contribution < -0.4 is 5.32 Å². The molecule has 0 radical (unpaired) electrons. The quantitative estimate of drug-likeness (QED) is 0.762. The minimum atomic E-state index is -0.181. The molecule has 0 aliphatic carbocycles. The van der Waals surface area contributed by atoms with Crippen LogP contribution in [0.4, 0.5) is 0 Å². The van der Waals surface area contributed by atoms with Crippen molar-refractivity contribution in [2.75, 3.05) is 12.4 Å². The summed E-state index contributed by atoms with van der Waals surface area (Å²) in [5, 5.41) is 13.0. The van der Waals surface area contributed by atoms with E-state index in [0.29, 0.717) is 0 Å². The molecule has 1 aromatic carbocycles. The first kappa shape index (κ1) is 15.2. The summed E-state index contributed by atoms with van der Waals surface area (Å²) in [6.45, 7) is 4.28. The number of aliphatic hydroxyl groups is 1. The predicted octanol–water partition coefficient (Wildman–Crippen LogP) is 3.78. The van der Waals surface area contributed by atoms with Crippen LogP contribution in [0.25, 0.3) is 0 Å². The van der Waals surface area contributed by atoms with E-state index in [-0.39, 0.29) is 18.7 Å². The number of furan rings is 1. The van der Waals surface area contributed by atoms with Gasteiger partial charge in [-0.15, -0.1) is 11.8 Å². The number of thioether (sulfide) groups is 1. The summed E-state index contributed by atoms with van der Waals surface area (Å²) in [5.74, 6) is 1.81. The van der Waals surface area contributed by atoms with Crippen molar-refractivity contribution in [1.82, 2.24) is 5.32 Å². The van der Waals surface area contributed by atoms with Gasteiger partial charge in [-0.1, -0.05) is 25.1 Å². The van der Waals surface area contributed by atoms with E-state index in [1.165, 1.54) is 10.5 Å². The summed E-state index contributed by atoms with van der Waals surface area (Å²) in [6.07, 6.45) is 1.63. The second kappa shape index (κ2) is 7.53. The van der Waals surface area contributed by atoms with Gasteiger partial charge in [0.25, 0.3) is 0 Å². The van der Waals surface area contributed by atoms with Gasteiger partial charge in [0.15, 0.2) is 0 Å². The molecule has 2 unspecified atom stereocenters. The molecule has 3 nitrogen and oxygen atoms in total. The van der Waals surface area contributed by atoms with Crippen molar-refractivity contribution >= 4 is 11.8 Å². The molecule has 2 rings (SSSR count). The summed E-state index contributed by atoms with van der Waals surface area (Å²) in [5.41, 5.74) is 1.25. The number of aliphatic hydroxyl groups excluding tert-OH is 1. The standard InChI is InChI=1S/C16H21NO2S/c1-3-20-16-9-5-4-7-13(16)12(2)17-14(11-18)15-8-6-10-19-15/h4-10,12,14,17-18H,3,11H2,1-2H3. The van der Waals surface area contributed by atoms with Crippen LogP contribution >= 0.6 is 11.8 Å². The highest BCUT2D eigenvalue weighted by Crippen LogP contribution is 2.28. The minimum Gasteiger partial charge on any atom is -0.468 e. The van der Waals surface area contributed by atoms with Crippen molar-refractivity contribution in [3.05, 3.63) is 54.0 Å². The average molecular weight is 291 g/mol. The molecule has 0 saturated heterocycles. The summed E-state index contributed by atoms with van der Waals surface area (Å²) < 4.78 is 5.37. The van der Waals surface area contributed by atoms with E-state index >= 15 is 0 Å². The Morgan fingerprint density at radius 2 is 2.05 bits per heavy atom. The Morgan fingerprint density at radius 1 is 1.25 bits per heavy atom. The van der Waals surface area contributed by atoms with Crippen molar-refractivity contribution in [3.63, 3.8) is 0 Å². The lowest BCUT2D eigenvalue weighted by Gasteiger charge is -2.22. The molecule has 0 fully saturated rings. The zero-order valence-corrected chi connectivity index (χ0v) is 12.7. The fourth-order valence-corrected chi connectivity index (χ4v) is 3.13. The Bertz CT molecular complexity index is 513. The molecule has 108 valence electrons. The lowest BCUT2D eigenvalue weighted by atomic mass is 10.1. The third kappa shape index (κ3) is 3.66.